The number of sulfonamides is 1. The van der Waals surface area contributed by atoms with E-state index in [1.165, 1.54) is 29.2 Å². The smallest absolute Gasteiger partial charge is 0.282 e. The second-order valence-electron chi connectivity index (χ2n) is 6.83. The van der Waals surface area contributed by atoms with E-state index in [9.17, 15) is 17.2 Å². The van der Waals surface area contributed by atoms with Crippen molar-refractivity contribution in [2.75, 3.05) is 30.3 Å². The van der Waals surface area contributed by atoms with Crippen molar-refractivity contribution in [2.24, 2.45) is 5.14 Å². The molecule has 1 saturated heterocycles. The first-order chi connectivity index (χ1) is 14.3. The quantitative estimate of drug-likeness (QED) is 0.603. The molecule has 3 aromatic rings. The molecule has 30 heavy (non-hydrogen) atoms. The van der Waals surface area contributed by atoms with Gasteiger partial charge in [0.05, 0.1) is 30.4 Å². The zero-order chi connectivity index (χ0) is 21.3. The Labute approximate surface area is 170 Å². The van der Waals surface area contributed by atoms with Crippen LogP contribution in [-0.4, -0.2) is 64.5 Å². The number of nitrogens with zero attached hydrogens (tertiary/aromatic N) is 6. The minimum Gasteiger partial charge on any atom is -0.375 e. The van der Waals surface area contributed by atoms with Crippen LogP contribution in [0, 0.1) is 0 Å². The number of primary sulfonamides is 1. The SMILES string of the molecule is NS(=O)(=O)CCC1CN(c2cc(-c3cnc4ccc(C(F)F)nn34)ncn2)CCO1. The second kappa shape index (κ2) is 8.16. The lowest BCUT2D eigenvalue weighted by Crippen LogP contribution is -2.43. The van der Waals surface area contributed by atoms with Gasteiger partial charge in [-0.1, -0.05) is 0 Å². The van der Waals surface area contributed by atoms with Gasteiger partial charge in [0.15, 0.2) is 5.65 Å². The number of alkyl halides is 2. The van der Waals surface area contributed by atoms with Crippen LogP contribution in [0.3, 0.4) is 0 Å². The van der Waals surface area contributed by atoms with Crippen molar-refractivity contribution in [1.82, 2.24) is 24.6 Å². The van der Waals surface area contributed by atoms with E-state index in [2.05, 4.69) is 20.1 Å². The molecule has 1 aliphatic rings. The van der Waals surface area contributed by atoms with E-state index >= 15 is 0 Å². The van der Waals surface area contributed by atoms with E-state index in [1.54, 1.807) is 6.07 Å². The maximum Gasteiger partial charge on any atom is 0.282 e. The van der Waals surface area contributed by atoms with Gasteiger partial charge in [0, 0.05) is 19.2 Å². The van der Waals surface area contributed by atoms with Crippen LogP contribution >= 0.6 is 0 Å². The molecule has 160 valence electrons. The van der Waals surface area contributed by atoms with Gasteiger partial charge in [0.25, 0.3) is 6.43 Å². The van der Waals surface area contributed by atoms with Crippen molar-refractivity contribution in [3.63, 3.8) is 0 Å². The number of fused-ring (bicyclic) bond motifs is 1. The van der Waals surface area contributed by atoms with Crippen molar-refractivity contribution >= 4 is 21.5 Å². The van der Waals surface area contributed by atoms with Gasteiger partial charge in [-0.3, -0.25) is 0 Å². The number of hydrogen-bond donors (Lipinski definition) is 1. The molecule has 1 fully saturated rings. The Morgan fingerprint density at radius 2 is 2.10 bits per heavy atom. The lowest BCUT2D eigenvalue weighted by atomic mass is 10.2. The number of nitrogens with two attached hydrogens (primary N) is 1. The molecule has 0 bridgehead atoms. The Morgan fingerprint density at radius 3 is 2.87 bits per heavy atom. The van der Waals surface area contributed by atoms with E-state index in [0.29, 0.717) is 42.5 Å². The second-order valence-corrected chi connectivity index (χ2v) is 8.56. The van der Waals surface area contributed by atoms with Gasteiger partial charge in [-0.15, -0.1) is 0 Å². The van der Waals surface area contributed by atoms with Gasteiger partial charge < -0.3 is 9.64 Å². The molecule has 10 nitrogen and oxygen atoms in total. The molecule has 4 heterocycles. The Hall–Kier alpha value is -2.77. The van der Waals surface area contributed by atoms with Gasteiger partial charge >= 0.3 is 0 Å². The normalized spacial score (nSPS) is 17.7. The fourth-order valence-electron chi connectivity index (χ4n) is 3.24. The molecule has 0 saturated carbocycles. The highest BCUT2D eigenvalue weighted by molar-refractivity contribution is 7.89. The van der Waals surface area contributed by atoms with Crippen LogP contribution in [0.2, 0.25) is 0 Å². The average molecular weight is 439 g/mol. The molecule has 1 unspecified atom stereocenters. The van der Waals surface area contributed by atoms with Crippen LogP contribution in [-0.2, 0) is 14.8 Å². The van der Waals surface area contributed by atoms with E-state index in [4.69, 9.17) is 9.88 Å². The molecule has 1 atom stereocenters. The van der Waals surface area contributed by atoms with Crippen LogP contribution in [0.1, 0.15) is 18.5 Å². The van der Waals surface area contributed by atoms with Gasteiger partial charge in [0.1, 0.15) is 23.5 Å². The highest BCUT2D eigenvalue weighted by Gasteiger charge is 2.23. The molecule has 2 N–H and O–H groups in total. The fraction of sp³-hybridized carbons (Fsp3) is 0.412. The minimum atomic E-state index is -3.57. The summed E-state index contributed by atoms with van der Waals surface area (Å²) in [6, 6.07) is 4.41. The predicted octanol–water partition coefficient (Wildman–Crippen LogP) is 1.01. The number of aromatic nitrogens is 5. The van der Waals surface area contributed by atoms with Gasteiger partial charge in [-0.05, 0) is 18.6 Å². The summed E-state index contributed by atoms with van der Waals surface area (Å²) in [5, 5.41) is 9.02. The Balaban J connectivity index is 1.59. The molecule has 4 rings (SSSR count). The average Bonchev–Trinajstić information content (AvgIpc) is 3.15. The zero-order valence-electron chi connectivity index (χ0n) is 15.7. The number of hydrogen-bond acceptors (Lipinski definition) is 8. The summed E-state index contributed by atoms with van der Waals surface area (Å²) in [6.07, 6.45) is 0.156. The van der Waals surface area contributed by atoms with E-state index in [1.807, 2.05) is 4.90 Å². The summed E-state index contributed by atoms with van der Waals surface area (Å²) < 4.78 is 55.4. The summed E-state index contributed by atoms with van der Waals surface area (Å²) in [6.45, 7) is 1.40. The largest absolute Gasteiger partial charge is 0.375 e. The topological polar surface area (TPSA) is 129 Å². The molecule has 3 aromatic heterocycles. The number of halogens is 2. The van der Waals surface area contributed by atoms with Crippen LogP contribution in [0.4, 0.5) is 14.6 Å². The van der Waals surface area contributed by atoms with Gasteiger partial charge in [-0.2, -0.15) is 5.10 Å². The highest BCUT2D eigenvalue weighted by atomic mass is 32.2. The zero-order valence-corrected chi connectivity index (χ0v) is 16.5. The first-order valence-electron chi connectivity index (χ1n) is 9.12. The molecular formula is C17H19F2N7O3S. The standard InChI is InChI=1S/C17H19F2N7O3S/c18-17(19)12-1-2-15-21-8-14(26(15)24-12)13-7-16(23-10-22-13)25-4-5-29-11(9-25)3-6-30(20,27)28/h1-2,7-8,10-11,17H,3-6,9H2,(H2,20,27,28). The number of morpholine rings is 1. The van der Waals surface area contributed by atoms with E-state index in [0.717, 1.165) is 0 Å². The van der Waals surface area contributed by atoms with E-state index < -0.39 is 16.4 Å². The highest BCUT2D eigenvalue weighted by Crippen LogP contribution is 2.24. The van der Waals surface area contributed by atoms with Crippen molar-refractivity contribution in [3.05, 3.63) is 36.4 Å². The van der Waals surface area contributed by atoms with Crippen LogP contribution in [0.5, 0.6) is 0 Å². The van der Waals surface area contributed by atoms with Gasteiger partial charge in [-0.25, -0.2) is 41.8 Å². The van der Waals surface area contributed by atoms with Crippen LogP contribution < -0.4 is 10.0 Å². The molecule has 1 aliphatic heterocycles. The van der Waals surface area contributed by atoms with Crippen molar-refractivity contribution < 1.29 is 21.9 Å². The maximum absolute atomic E-state index is 13.0. The number of ether oxygens (including phenoxy) is 1. The Morgan fingerprint density at radius 1 is 1.27 bits per heavy atom. The van der Waals surface area contributed by atoms with Crippen molar-refractivity contribution in [1.29, 1.82) is 0 Å². The van der Waals surface area contributed by atoms with Crippen molar-refractivity contribution in [3.8, 4) is 11.4 Å². The third kappa shape index (κ3) is 4.52. The lowest BCUT2D eigenvalue weighted by molar-refractivity contribution is 0.0386. The molecule has 0 amide bonds. The maximum atomic E-state index is 13.0. The summed E-state index contributed by atoms with van der Waals surface area (Å²) in [7, 11) is -3.57. The third-order valence-electron chi connectivity index (χ3n) is 4.71. The summed E-state index contributed by atoms with van der Waals surface area (Å²) in [4.78, 5) is 14.7. The molecular weight excluding hydrogens is 420 g/mol. The Kier molecular flexibility index (Phi) is 5.58. The summed E-state index contributed by atoms with van der Waals surface area (Å²) >= 11 is 0. The summed E-state index contributed by atoms with van der Waals surface area (Å²) in [5.74, 6) is 0.435. The first kappa shape index (κ1) is 20.5. The van der Waals surface area contributed by atoms with Crippen LogP contribution in [0.15, 0.2) is 30.7 Å². The van der Waals surface area contributed by atoms with Crippen molar-refractivity contribution in [2.45, 2.75) is 19.0 Å². The molecule has 13 heteroatoms. The Bertz CT molecular complexity index is 1160. The third-order valence-corrected chi connectivity index (χ3v) is 5.51. The molecule has 0 aromatic carbocycles. The van der Waals surface area contributed by atoms with Crippen LogP contribution in [0.25, 0.3) is 17.0 Å². The molecule has 0 radical (unpaired) electrons. The van der Waals surface area contributed by atoms with E-state index in [-0.39, 0.29) is 24.0 Å². The number of anilines is 1. The summed E-state index contributed by atoms with van der Waals surface area (Å²) in [5.41, 5.74) is 0.986. The molecule has 0 spiro atoms. The molecule has 0 aliphatic carbocycles. The number of imidazole rings is 1. The lowest BCUT2D eigenvalue weighted by Gasteiger charge is -2.33. The monoisotopic (exact) mass is 439 g/mol. The first-order valence-corrected chi connectivity index (χ1v) is 10.8. The minimum absolute atomic E-state index is 0.166. The number of rotatable bonds is 6. The fourth-order valence-corrected chi connectivity index (χ4v) is 3.83. The predicted molar refractivity (Wildman–Crippen MR) is 104 cm³/mol. The van der Waals surface area contributed by atoms with Gasteiger partial charge in [0.2, 0.25) is 10.0 Å².